The second-order valence-corrected chi connectivity index (χ2v) is 5.35. The molecule has 1 rings (SSSR count). The Labute approximate surface area is 88.6 Å². The summed E-state index contributed by atoms with van der Waals surface area (Å²) in [5.74, 6) is 1.84. The minimum atomic E-state index is -0.0159. The Balaban J connectivity index is 2.06. The van der Waals surface area contributed by atoms with Gasteiger partial charge in [-0.15, -0.1) is 0 Å². The summed E-state index contributed by atoms with van der Waals surface area (Å²) in [5, 5.41) is 3.51. The zero-order valence-corrected chi connectivity index (χ0v) is 9.97. The molecule has 0 aliphatic heterocycles. The van der Waals surface area contributed by atoms with Gasteiger partial charge in [0, 0.05) is 12.1 Å². The van der Waals surface area contributed by atoms with Crippen molar-refractivity contribution in [3.8, 4) is 0 Å². The van der Waals surface area contributed by atoms with Gasteiger partial charge in [0.2, 0.25) is 0 Å². The van der Waals surface area contributed by atoms with Crippen molar-refractivity contribution in [3.05, 3.63) is 0 Å². The molecule has 1 aliphatic carbocycles. The Kier molecular flexibility index (Phi) is 4.39. The van der Waals surface area contributed by atoms with Gasteiger partial charge < -0.3 is 11.1 Å². The van der Waals surface area contributed by atoms with E-state index < -0.39 is 0 Å². The van der Waals surface area contributed by atoms with E-state index in [0.29, 0.717) is 0 Å². The monoisotopic (exact) mass is 198 g/mol. The molecule has 1 saturated carbocycles. The molecule has 0 saturated heterocycles. The Bertz CT molecular complexity index is 162. The van der Waals surface area contributed by atoms with E-state index in [0.717, 1.165) is 31.3 Å². The third-order valence-corrected chi connectivity index (χ3v) is 3.24. The van der Waals surface area contributed by atoms with E-state index in [2.05, 4.69) is 26.1 Å². The first-order chi connectivity index (χ1) is 6.55. The molecule has 2 unspecified atom stereocenters. The van der Waals surface area contributed by atoms with Crippen LogP contribution in [0.2, 0.25) is 0 Å². The quantitative estimate of drug-likeness (QED) is 0.658. The predicted octanol–water partition coefficient (Wildman–Crippen LogP) is 2.14. The summed E-state index contributed by atoms with van der Waals surface area (Å²) in [6, 6.07) is 0. The lowest BCUT2D eigenvalue weighted by Gasteiger charge is -2.25. The van der Waals surface area contributed by atoms with Crippen LogP contribution in [-0.4, -0.2) is 18.6 Å². The molecular weight excluding hydrogens is 172 g/mol. The molecule has 0 aromatic carbocycles. The first kappa shape index (κ1) is 12.0. The summed E-state index contributed by atoms with van der Waals surface area (Å²) in [6.45, 7) is 8.78. The van der Waals surface area contributed by atoms with Crippen LogP contribution in [0.25, 0.3) is 0 Å². The van der Waals surface area contributed by atoms with Gasteiger partial charge in [-0.1, -0.05) is 20.3 Å². The van der Waals surface area contributed by atoms with E-state index in [4.69, 9.17) is 5.73 Å². The highest BCUT2D eigenvalue weighted by Crippen LogP contribution is 2.36. The van der Waals surface area contributed by atoms with E-state index in [1.807, 2.05) is 0 Å². The molecule has 0 aromatic heterocycles. The molecule has 0 radical (unpaired) electrons. The van der Waals surface area contributed by atoms with Gasteiger partial charge in [-0.05, 0) is 44.6 Å². The van der Waals surface area contributed by atoms with E-state index in [-0.39, 0.29) is 5.54 Å². The highest BCUT2D eigenvalue weighted by molar-refractivity contribution is 4.83. The highest BCUT2D eigenvalue weighted by atomic mass is 14.9. The summed E-state index contributed by atoms with van der Waals surface area (Å²) >= 11 is 0. The third-order valence-electron chi connectivity index (χ3n) is 3.24. The summed E-state index contributed by atoms with van der Waals surface area (Å²) in [4.78, 5) is 0. The first-order valence-electron chi connectivity index (χ1n) is 6.05. The van der Waals surface area contributed by atoms with E-state index in [1.54, 1.807) is 0 Å². The second kappa shape index (κ2) is 5.13. The predicted molar refractivity (Wildman–Crippen MR) is 62.3 cm³/mol. The van der Waals surface area contributed by atoms with Crippen LogP contribution in [0.15, 0.2) is 0 Å². The maximum Gasteiger partial charge on any atom is 0.0252 e. The van der Waals surface area contributed by atoms with Crippen molar-refractivity contribution >= 4 is 0 Å². The van der Waals surface area contributed by atoms with Crippen molar-refractivity contribution in [1.82, 2.24) is 5.32 Å². The molecule has 0 bridgehead atoms. The van der Waals surface area contributed by atoms with Gasteiger partial charge in [-0.3, -0.25) is 0 Å². The van der Waals surface area contributed by atoms with E-state index in [9.17, 15) is 0 Å². The topological polar surface area (TPSA) is 38.0 Å². The van der Waals surface area contributed by atoms with Crippen molar-refractivity contribution in [2.24, 2.45) is 17.6 Å². The molecule has 2 atom stereocenters. The van der Waals surface area contributed by atoms with Crippen LogP contribution in [0.4, 0.5) is 0 Å². The molecule has 0 heterocycles. The summed E-state index contributed by atoms with van der Waals surface area (Å²) < 4.78 is 0. The maximum absolute atomic E-state index is 6.14. The number of nitrogens with one attached hydrogen (secondary N) is 1. The average molecular weight is 198 g/mol. The Morgan fingerprint density at radius 3 is 2.64 bits per heavy atom. The summed E-state index contributed by atoms with van der Waals surface area (Å²) in [6.07, 6.45) is 5.17. The number of rotatable bonds is 7. The van der Waals surface area contributed by atoms with Crippen LogP contribution in [-0.2, 0) is 0 Å². The average Bonchev–Trinajstić information content (AvgIpc) is 2.85. The highest BCUT2D eigenvalue weighted by Gasteiger charge is 2.27. The van der Waals surface area contributed by atoms with Gasteiger partial charge in [0.15, 0.2) is 0 Å². The normalized spacial score (nSPS) is 23.1. The molecule has 2 nitrogen and oxygen atoms in total. The van der Waals surface area contributed by atoms with Crippen molar-refractivity contribution in [2.75, 3.05) is 13.1 Å². The van der Waals surface area contributed by atoms with Gasteiger partial charge in [0.1, 0.15) is 0 Å². The SMILES string of the molecule is CCCC(C)(N)CNCC(C)C1CC1. The Hall–Kier alpha value is -0.0800. The smallest absolute Gasteiger partial charge is 0.0252 e. The minimum absolute atomic E-state index is 0.0159. The van der Waals surface area contributed by atoms with Crippen molar-refractivity contribution < 1.29 is 0 Å². The van der Waals surface area contributed by atoms with Gasteiger partial charge in [-0.2, -0.15) is 0 Å². The lowest BCUT2D eigenvalue weighted by atomic mass is 9.97. The van der Waals surface area contributed by atoms with E-state index in [1.165, 1.54) is 19.3 Å². The fourth-order valence-electron chi connectivity index (χ4n) is 2.08. The third kappa shape index (κ3) is 4.43. The minimum Gasteiger partial charge on any atom is -0.324 e. The molecule has 0 aromatic rings. The van der Waals surface area contributed by atoms with E-state index >= 15 is 0 Å². The van der Waals surface area contributed by atoms with Crippen molar-refractivity contribution in [3.63, 3.8) is 0 Å². The fraction of sp³-hybridized carbons (Fsp3) is 1.00. The summed E-state index contributed by atoms with van der Waals surface area (Å²) in [5.41, 5.74) is 6.13. The lowest BCUT2D eigenvalue weighted by molar-refractivity contribution is 0.370. The Morgan fingerprint density at radius 1 is 1.50 bits per heavy atom. The summed E-state index contributed by atoms with van der Waals surface area (Å²) in [7, 11) is 0. The van der Waals surface area contributed by atoms with Crippen molar-refractivity contribution in [1.29, 1.82) is 0 Å². The molecule has 14 heavy (non-hydrogen) atoms. The number of nitrogens with two attached hydrogens (primary N) is 1. The molecule has 0 spiro atoms. The van der Waals surface area contributed by atoms with Gasteiger partial charge in [-0.25, -0.2) is 0 Å². The second-order valence-electron chi connectivity index (χ2n) is 5.35. The molecule has 3 N–H and O–H groups in total. The first-order valence-corrected chi connectivity index (χ1v) is 6.05. The molecule has 0 amide bonds. The van der Waals surface area contributed by atoms with Crippen LogP contribution in [0.1, 0.15) is 46.5 Å². The largest absolute Gasteiger partial charge is 0.324 e. The van der Waals surface area contributed by atoms with Crippen LogP contribution in [0.3, 0.4) is 0 Å². The Morgan fingerprint density at radius 2 is 2.14 bits per heavy atom. The molecule has 1 fully saturated rings. The molecular formula is C12H26N2. The van der Waals surface area contributed by atoms with Crippen LogP contribution < -0.4 is 11.1 Å². The van der Waals surface area contributed by atoms with Crippen LogP contribution in [0, 0.1) is 11.8 Å². The maximum atomic E-state index is 6.14. The number of hydrogen-bond acceptors (Lipinski definition) is 2. The fourth-order valence-corrected chi connectivity index (χ4v) is 2.08. The van der Waals surface area contributed by atoms with Gasteiger partial charge in [0.25, 0.3) is 0 Å². The molecule has 84 valence electrons. The van der Waals surface area contributed by atoms with Crippen LogP contribution in [0.5, 0.6) is 0 Å². The standard InChI is InChI=1S/C12H26N2/c1-4-7-12(3,13)9-14-8-10(2)11-5-6-11/h10-11,14H,4-9,13H2,1-3H3. The molecule has 2 heteroatoms. The van der Waals surface area contributed by atoms with Crippen molar-refractivity contribution in [2.45, 2.75) is 52.0 Å². The zero-order chi connectivity index (χ0) is 10.6. The van der Waals surface area contributed by atoms with Crippen LogP contribution >= 0.6 is 0 Å². The molecule has 1 aliphatic rings. The zero-order valence-electron chi connectivity index (χ0n) is 9.97. The van der Waals surface area contributed by atoms with Gasteiger partial charge in [0.05, 0.1) is 0 Å². The van der Waals surface area contributed by atoms with Gasteiger partial charge >= 0.3 is 0 Å². The number of hydrogen-bond donors (Lipinski definition) is 2. The lowest BCUT2D eigenvalue weighted by Crippen LogP contribution is -2.46.